The Balaban J connectivity index is 2.38. The van der Waals surface area contributed by atoms with Gasteiger partial charge < -0.3 is 10.4 Å². The van der Waals surface area contributed by atoms with Crippen LogP contribution in [0.15, 0.2) is 21.9 Å². The highest BCUT2D eigenvalue weighted by Crippen LogP contribution is 2.25. The van der Waals surface area contributed by atoms with E-state index >= 15 is 0 Å². The highest BCUT2D eigenvalue weighted by molar-refractivity contribution is 9.10. The van der Waals surface area contributed by atoms with E-state index in [0.717, 1.165) is 9.86 Å². The smallest absolute Gasteiger partial charge is 0.189 e. The van der Waals surface area contributed by atoms with Crippen molar-refractivity contribution in [1.29, 1.82) is 0 Å². The molecular weight excluding hydrogens is 316 g/mol. The van der Waals surface area contributed by atoms with Crippen LogP contribution in [0.5, 0.6) is 0 Å². The lowest BCUT2D eigenvalue weighted by Gasteiger charge is -2.10. The quantitative estimate of drug-likeness (QED) is 0.663. The van der Waals surface area contributed by atoms with E-state index in [1.165, 1.54) is 11.8 Å². The Bertz CT molecular complexity index is 564. The van der Waals surface area contributed by atoms with E-state index in [1.54, 1.807) is 13.1 Å². The minimum Gasteiger partial charge on any atom is -0.392 e. The Morgan fingerprint density at radius 3 is 2.94 bits per heavy atom. The number of pyridine rings is 1. The first kappa shape index (κ1) is 13.5. The molecule has 0 bridgehead atoms. The van der Waals surface area contributed by atoms with Crippen molar-refractivity contribution in [3.63, 3.8) is 0 Å². The first-order valence-electron chi connectivity index (χ1n) is 5.39. The number of hydrogen-bond acceptors (Lipinski definition) is 6. The Hall–Kier alpha value is -0.920. The van der Waals surface area contributed by atoms with Gasteiger partial charge in [-0.05, 0) is 35.2 Å². The van der Waals surface area contributed by atoms with Crippen LogP contribution in [0.3, 0.4) is 0 Å². The minimum atomic E-state index is -0.429. The van der Waals surface area contributed by atoms with Crippen molar-refractivity contribution in [3.05, 3.63) is 16.7 Å². The molecule has 2 heterocycles. The molecule has 96 valence electrons. The maximum Gasteiger partial charge on any atom is 0.189 e. The van der Waals surface area contributed by atoms with Gasteiger partial charge in [-0.25, -0.2) is 15.0 Å². The summed E-state index contributed by atoms with van der Waals surface area (Å²) in [5, 5.41) is 13.9. The van der Waals surface area contributed by atoms with Gasteiger partial charge in [0.2, 0.25) is 0 Å². The van der Waals surface area contributed by atoms with E-state index in [2.05, 4.69) is 36.2 Å². The Labute approximate surface area is 118 Å². The van der Waals surface area contributed by atoms with Crippen LogP contribution in [-0.4, -0.2) is 39.0 Å². The SMILES string of the molecule is CSc1ncc2cc(Br)c(NC[C@H](C)O)nc2n1. The van der Waals surface area contributed by atoms with Gasteiger partial charge in [-0.2, -0.15) is 0 Å². The molecule has 18 heavy (non-hydrogen) atoms. The highest BCUT2D eigenvalue weighted by atomic mass is 79.9. The van der Waals surface area contributed by atoms with Crippen LogP contribution in [0.1, 0.15) is 6.92 Å². The molecule has 2 aromatic rings. The number of hydrogen-bond donors (Lipinski definition) is 2. The fourth-order valence-corrected chi connectivity index (χ4v) is 2.20. The number of aliphatic hydroxyl groups is 1. The fraction of sp³-hybridized carbons (Fsp3) is 0.364. The number of thioether (sulfide) groups is 1. The van der Waals surface area contributed by atoms with Gasteiger partial charge >= 0.3 is 0 Å². The van der Waals surface area contributed by atoms with Crippen LogP contribution in [0.4, 0.5) is 5.82 Å². The zero-order valence-corrected chi connectivity index (χ0v) is 12.4. The van der Waals surface area contributed by atoms with Gasteiger partial charge in [-0.1, -0.05) is 11.8 Å². The van der Waals surface area contributed by atoms with Crippen molar-refractivity contribution in [3.8, 4) is 0 Å². The number of anilines is 1. The molecule has 2 rings (SSSR count). The number of fused-ring (bicyclic) bond motifs is 1. The average molecular weight is 329 g/mol. The standard InChI is InChI=1S/C11H13BrN4OS/c1-6(17)4-13-10-8(12)3-7-5-14-11(18-2)16-9(7)15-10/h3,5-6,17H,4H2,1-2H3,(H,13,14,15,16)/t6-/m0/s1. The molecule has 0 aliphatic rings. The maximum atomic E-state index is 9.27. The summed E-state index contributed by atoms with van der Waals surface area (Å²) in [6.45, 7) is 2.16. The highest BCUT2D eigenvalue weighted by Gasteiger charge is 2.07. The molecule has 0 radical (unpaired) electrons. The zero-order chi connectivity index (χ0) is 13.1. The minimum absolute atomic E-state index is 0.429. The molecule has 0 aliphatic carbocycles. The number of aliphatic hydroxyl groups excluding tert-OH is 1. The predicted molar refractivity (Wildman–Crippen MR) is 77.0 cm³/mol. The largest absolute Gasteiger partial charge is 0.392 e. The van der Waals surface area contributed by atoms with Crippen LogP contribution in [0.25, 0.3) is 11.0 Å². The van der Waals surface area contributed by atoms with Gasteiger partial charge in [-0.3, -0.25) is 0 Å². The number of rotatable bonds is 4. The number of nitrogens with one attached hydrogen (secondary N) is 1. The summed E-state index contributed by atoms with van der Waals surface area (Å²) in [5.74, 6) is 0.675. The van der Waals surface area contributed by atoms with Gasteiger partial charge in [0, 0.05) is 18.1 Å². The Morgan fingerprint density at radius 2 is 2.28 bits per heavy atom. The number of halogens is 1. The lowest BCUT2D eigenvalue weighted by atomic mass is 10.3. The Morgan fingerprint density at radius 1 is 1.50 bits per heavy atom. The second kappa shape index (κ2) is 5.81. The summed E-state index contributed by atoms with van der Waals surface area (Å²) >= 11 is 4.91. The molecule has 0 spiro atoms. The third-order valence-corrected chi connectivity index (χ3v) is 3.41. The summed E-state index contributed by atoms with van der Waals surface area (Å²) in [5.41, 5.74) is 0.644. The monoisotopic (exact) mass is 328 g/mol. The van der Waals surface area contributed by atoms with Gasteiger partial charge in [0.05, 0.1) is 10.6 Å². The third-order valence-electron chi connectivity index (χ3n) is 2.25. The first-order chi connectivity index (χ1) is 8.60. The Kier molecular flexibility index (Phi) is 4.36. The summed E-state index contributed by atoms with van der Waals surface area (Å²) in [6.07, 6.45) is 3.25. The predicted octanol–water partition coefficient (Wildman–Crippen LogP) is 2.30. The molecule has 0 unspecified atom stereocenters. The van der Waals surface area contributed by atoms with Crippen molar-refractivity contribution < 1.29 is 5.11 Å². The second-order valence-corrected chi connectivity index (χ2v) is 5.45. The lowest BCUT2D eigenvalue weighted by Crippen LogP contribution is -2.16. The van der Waals surface area contributed by atoms with Crippen LogP contribution < -0.4 is 5.32 Å². The normalized spacial score (nSPS) is 12.7. The molecule has 0 aliphatic heterocycles. The van der Waals surface area contributed by atoms with Gasteiger partial charge in [0.25, 0.3) is 0 Å². The lowest BCUT2D eigenvalue weighted by molar-refractivity contribution is 0.208. The van der Waals surface area contributed by atoms with Crippen molar-refractivity contribution in [2.75, 3.05) is 18.1 Å². The summed E-state index contributed by atoms with van der Waals surface area (Å²) in [7, 11) is 0. The fourth-order valence-electron chi connectivity index (χ4n) is 1.39. The molecule has 0 saturated heterocycles. The first-order valence-corrected chi connectivity index (χ1v) is 7.41. The summed E-state index contributed by atoms with van der Waals surface area (Å²) in [4.78, 5) is 13.0. The van der Waals surface area contributed by atoms with Crippen molar-refractivity contribution in [1.82, 2.24) is 15.0 Å². The molecule has 0 amide bonds. The second-order valence-electron chi connectivity index (χ2n) is 3.82. The molecule has 0 saturated carbocycles. The van der Waals surface area contributed by atoms with Crippen molar-refractivity contribution in [2.24, 2.45) is 0 Å². The molecular formula is C11H13BrN4OS. The van der Waals surface area contributed by atoms with Gasteiger partial charge in [0.1, 0.15) is 5.82 Å². The molecule has 7 heteroatoms. The van der Waals surface area contributed by atoms with E-state index in [0.29, 0.717) is 23.2 Å². The van der Waals surface area contributed by atoms with Crippen LogP contribution in [0, 0.1) is 0 Å². The molecule has 0 fully saturated rings. The number of nitrogens with zero attached hydrogens (tertiary/aromatic N) is 3. The van der Waals surface area contributed by atoms with Crippen molar-refractivity contribution >= 4 is 44.5 Å². The van der Waals surface area contributed by atoms with Gasteiger partial charge in [-0.15, -0.1) is 0 Å². The molecule has 5 nitrogen and oxygen atoms in total. The maximum absolute atomic E-state index is 9.27. The molecule has 0 aromatic carbocycles. The van der Waals surface area contributed by atoms with Gasteiger partial charge in [0.15, 0.2) is 10.8 Å². The molecule has 2 N–H and O–H groups in total. The van der Waals surface area contributed by atoms with E-state index in [-0.39, 0.29) is 0 Å². The van der Waals surface area contributed by atoms with Crippen LogP contribution in [-0.2, 0) is 0 Å². The van der Waals surface area contributed by atoms with Crippen LogP contribution >= 0.6 is 27.7 Å². The third kappa shape index (κ3) is 3.09. The number of aromatic nitrogens is 3. The van der Waals surface area contributed by atoms with Crippen molar-refractivity contribution in [2.45, 2.75) is 18.2 Å². The van der Waals surface area contributed by atoms with Crippen LogP contribution in [0.2, 0.25) is 0 Å². The van der Waals surface area contributed by atoms with E-state index < -0.39 is 6.10 Å². The molecule has 2 aromatic heterocycles. The average Bonchev–Trinajstić information content (AvgIpc) is 2.35. The zero-order valence-electron chi connectivity index (χ0n) is 10.0. The topological polar surface area (TPSA) is 70.9 Å². The van der Waals surface area contributed by atoms with E-state index in [1.807, 2.05) is 12.3 Å². The van der Waals surface area contributed by atoms with E-state index in [9.17, 15) is 5.11 Å². The summed E-state index contributed by atoms with van der Waals surface area (Å²) in [6, 6.07) is 1.91. The van der Waals surface area contributed by atoms with E-state index in [4.69, 9.17) is 0 Å². The summed E-state index contributed by atoms with van der Waals surface area (Å²) < 4.78 is 0.830. The molecule has 1 atom stereocenters.